The summed E-state index contributed by atoms with van der Waals surface area (Å²) in [6.07, 6.45) is 0.780. The van der Waals surface area contributed by atoms with E-state index in [0.717, 1.165) is 6.42 Å². The van der Waals surface area contributed by atoms with Crippen LogP contribution in [0.25, 0.3) is 0 Å². The number of esters is 1. The number of carbonyl (C=O) groups excluding carboxylic acids is 1. The molecule has 0 saturated carbocycles. The van der Waals surface area contributed by atoms with Crippen molar-refractivity contribution < 1.29 is 9.53 Å². The first kappa shape index (κ1) is 18.3. The van der Waals surface area contributed by atoms with Crippen LogP contribution in [0.5, 0.6) is 5.75 Å². The lowest BCUT2D eigenvalue weighted by Gasteiger charge is -2.10. The van der Waals surface area contributed by atoms with Crippen LogP contribution in [0.1, 0.15) is 20.3 Å². The molecule has 3 aromatic carbocycles. The van der Waals surface area contributed by atoms with Crippen LogP contribution in [0.15, 0.2) is 99.6 Å². The Bertz CT molecular complexity index is 790. The monoisotopic (exact) mass is 363 g/mol. The second-order valence-corrected chi connectivity index (χ2v) is 8.16. The molecule has 26 heavy (non-hydrogen) atoms. The fourth-order valence-corrected chi connectivity index (χ4v) is 4.63. The van der Waals surface area contributed by atoms with Gasteiger partial charge in [-0.1, -0.05) is 50.2 Å². The van der Waals surface area contributed by atoms with Crippen molar-refractivity contribution in [1.82, 2.24) is 0 Å². The Morgan fingerprint density at radius 3 is 1.73 bits per heavy atom. The van der Waals surface area contributed by atoms with Gasteiger partial charge in [-0.2, -0.15) is 0 Å². The minimum absolute atomic E-state index is 0.0852. The first-order chi connectivity index (χ1) is 12.7. The Labute approximate surface area is 158 Å². The van der Waals surface area contributed by atoms with Gasteiger partial charge in [0.05, 0.1) is 16.8 Å². The van der Waals surface area contributed by atoms with Crippen molar-refractivity contribution in [2.24, 2.45) is 5.92 Å². The third kappa shape index (κ3) is 4.36. The predicted octanol–water partition coefficient (Wildman–Crippen LogP) is 5.73. The molecule has 0 aromatic heterocycles. The van der Waals surface area contributed by atoms with Gasteiger partial charge in [0, 0.05) is 0 Å². The molecule has 0 spiro atoms. The molecule has 0 bridgehead atoms. The van der Waals surface area contributed by atoms with Gasteiger partial charge in [-0.05, 0) is 55.0 Å². The fourth-order valence-electron chi connectivity index (χ4n) is 2.55. The van der Waals surface area contributed by atoms with Crippen molar-refractivity contribution in [3.63, 3.8) is 0 Å². The van der Waals surface area contributed by atoms with Crippen LogP contribution < -0.4 is 4.74 Å². The largest absolute Gasteiger partial charge is 0.426 e. The molecule has 0 aliphatic rings. The zero-order valence-electron chi connectivity index (χ0n) is 15.1. The van der Waals surface area contributed by atoms with E-state index < -0.39 is 0 Å². The molecule has 0 fully saturated rings. The molecule has 3 aromatic rings. The standard InChI is InChI=1S/C23H23O2S/c1-3-18(2)23(24)25-19-14-16-22(17-15-19)26(20-10-6-4-7-11-20)21-12-8-5-9-13-21/h4-18H,3H2,1-2H3/q+1. The molecule has 2 nitrogen and oxygen atoms in total. The van der Waals surface area contributed by atoms with Gasteiger partial charge in [0.2, 0.25) is 0 Å². The molecule has 0 saturated heterocycles. The molecular weight excluding hydrogens is 340 g/mol. The average molecular weight is 364 g/mol. The predicted molar refractivity (Wildman–Crippen MR) is 107 cm³/mol. The van der Waals surface area contributed by atoms with Crippen LogP contribution in [0.4, 0.5) is 0 Å². The van der Waals surface area contributed by atoms with Crippen LogP contribution in [-0.4, -0.2) is 5.97 Å². The molecule has 0 N–H and O–H groups in total. The molecule has 0 amide bonds. The van der Waals surface area contributed by atoms with E-state index in [1.165, 1.54) is 14.7 Å². The van der Waals surface area contributed by atoms with E-state index in [9.17, 15) is 4.79 Å². The molecular formula is C23H23O2S+. The SMILES string of the molecule is CCC(C)C(=O)Oc1ccc([S+](c2ccccc2)c2ccccc2)cc1. The molecule has 3 rings (SSSR count). The molecule has 0 aliphatic carbocycles. The second-order valence-electron chi connectivity index (χ2n) is 6.13. The van der Waals surface area contributed by atoms with Crippen molar-refractivity contribution in [1.29, 1.82) is 0 Å². The van der Waals surface area contributed by atoms with E-state index in [0.29, 0.717) is 5.75 Å². The summed E-state index contributed by atoms with van der Waals surface area (Å²) in [5, 5.41) is 0. The lowest BCUT2D eigenvalue weighted by atomic mass is 10.1. The van der Waals surface area contributed by atoms with Crippen molar-refractivity contribution in [3.8, 4) is 5.75 Å². The maximum atomic E-state index is 12.0. The fraction of sp³-hybridized carbons (Fsp3) is 0.174. The van der Waals surface area contributed by atoms with E-state index in [1.807, 2.05) is 38.1 Å². The summed E-state index contributed by atoms with van der Waals surface area (Å²) in [6.45, 7) is 3.87. The molecule has 3 heteroatoms. The number of benzene rings is 3. The maximum absolute atomic E-state index is 12.0. The average Bonchev–Trinajstić information content (AvgIpc) is 2.70. The Morgan fingerprint density at radius 2 is 1.27 bits per heavy atom. The van der Waals surface area contributed by atoms with Crippen molar-refractivity contribution in [2.75, 3.05) is 0 Å². The number of hydrogen-bond acceptors (Lipinski definition) is 2. The molecule has 0 heterocycles. The quantitative estimate of drug-likeness (QED) is 0.317. The number of carbonyl (C=O) groups is 1. The summed E-state index contributed by atoms with van der Waals surface area (Å²) in [7, 11) is -0.186. The van der Waals surface area contributed by atoms with Crippen molar-refractivity contribution in [3.05, 3.63) is 84.9 Å². The smallest absolute Gasteiger partial charge is 0.314 e. The van der Waals surface area contributed by atoms with E-state index in [-0.39, 0.29) is 22.8 Å². The summed E-state index contributed by atoms with van der Waals surface area (Å²) in [4.78, 5) is 15.7. The van der Waals surface area contributed by atoms with Gasteiger partial charge in [0.15, 0.2) is 14.7 Å². The van der Waals surface area contributed by atoms with E-state index >= 15 is 0 Å². The number of rotatable bonds is 6. The Kier molecular flexibility index (Phi) is 6.13. The summed E-state index contributed by atoms with van der Waals surface area (Å²) >= 11 is 0. The van der Waals surface area contributed by atoms with Crippen LogP contribution in [0, 0.1) is 5.92 Å². The highest BCUT2D eigenvalue weighted by Gasteiger charge is 2.28. The Balaban J connectivity index is 1.89. The van der Waals surface area contributed by atoms with Gasteiger partial charge in [-0.15, -0.1) is 0 Å². The highest BCUT2D eigenvalue weighted by atomic mass is 32.2. The highest BCUT2D eigenvalue weighted by molar-refractivity contribution is 7.97. The van der Waals surface area contributed by atoms with E-state index in [4.69, 9.17) is 4.74 Å². The highest BCUT2D eigenvalue weighted by Crippen LogP contribution is 2.32. The van der Waals surface area contributed by atoms with Gasteiger partial charge in [0.1, 0.15) is 5.75 Å². The lowest BCUT2D eigenvalue weighted by Crippen LogP contribution is -2.16. The Morgan fingerprint density at radius 1 is 0.808 bits per heavy atom. The molecule has 1 unspecified atom stereocenters. The van der Waals surface area contributed by atoms with Crippen molar-refractivity contribution >= 4 is 16.9 Å². The summed E-state index contributed by atoms with van der Waals surface area (Å²) in [5.74, 6) is 0.340. The maximum Gasteiger partial charge on any atom is 0.314 e. The van der Waals surface area contributed by atoms with Crippen LogP contribution >= 0.6 is 0 Å². The zero-order chi connectivity index (χ0) is 18.4. The zero-order valence-corrected chi connectivity index (χ0v) is 15.9. The van der Waals surface area contributed by atoms with Crippen LogP contribution in [-0.2, 0) is 15.7 Å². The summed E-state index contributed by atoms with van der Waals surface area (Å²) < 4.78 is 5.48. The summed E-state index contributed by atoms with van der Waals surface area (Å²) in [6, 6.07) is 28.9. The third-order valence-corrected chi connectivity index (χ3v) is 6.48. The molecule has 0 aliphatic heterocycles. The minimum Gasteiger partial charge on any atom is -0.426 e. The second kappa shape index (κ2) is 8.72. The van der Waals surface area contributed by atoms with Gasteiger partial charge < -0.3 is 4.74 Å². The first-order valence-corrected chi connectivity index (χ1v) is 10.1. The third-order valence-electron chi connectivity index (χ3n) is 4.25. The van der Waals surface area contributed by atoms with Crippen LogP contribution in [0.3, 0.4) is 0 Å². The van der Waals surface area contributed by atoms with Gasteiger partial charge in [-0.25, -0.2) is 0 Å². The molecule has 0 radical (unpaired) electrons. The minimum atomic E-state index is -0.186. The summed E-state index contributed by atoms with van der Waals surface area (Å²) in [5.41, 5.74) is 0. The van der Waals surface area contributed by atoms with E-state index in [1.54, 1.807) is 0 Å². The topological polar surface area (TPSA) is 26.3 Å². The number of ether oxygens (including phenoxy) is 1. The number of hydrogen-bond donors (Lipinski definition) is 0. The van der Waals surface area contributed by atoms with Gasteiger partial charge >= 0.3 is 5.97 Å². The Hall–Kier alpha value is -2.52. The lowest BCUT2D eigenvalue weighted by molar-refractivity contribution is -0.138. The van der Waals surface area contributed by atoms with Gasteiger partial charge in [0.25, 0.3) is 0 Å². The molecule has 1 atom stereocenters. The van der Waals surface area contributed by atoms with Crippen molar-refractivity contribution in [2.45, 2.75) is 35.0 Å². The van der Waals surface area contributed by atoms with Crippen LogP contribution in [0.2, 0.25) is 0 Å². The first-order valence-electron chi connectivity index (χ1n) is 8.85. The van der Waals surface area contributed by atoms with E-state index in [2.05, 4.69) is 60.7 Å². The van der Waals surface area contributed by atoms with Gasteiger partial charge in [-0.3, -0.25) is 4.79 Å². The normalized spacial score (nSPS) is 12.0. The molecule has 132 valence electrons.